The number of hydrogen-bond acceptors (Lipinski definition) is 4. The maximum atomic E-state index is 11.7. The molecule has 0 spiro atoms. The van der Waals surface area contributed by atoms with E-state index in [0.29, 0.717) is 4.90 Å². The van der Waals surface area contributed by atoms with Crippen molar-refractivity contribution in [3.8, 4) is 0 Å². The van der Waals surface area contributed by atoms with Crippen molar-refractivity contribution in [3.63, 3.8) is 0 Å². The Balaban J connectivity index is 2.11. The summed E-state index contributed by atoms with van der Waals surface area (Å²) >= 11 is 0. The number of fused-ring (bicyclic) bond motifs is 1. The highest BCUT2D eigenvalue weighted by molar-refractivity contribution is 7.90. The maximum Gasteiger partial charge on any atom is 0.175 e. The fraction of sp³-hybridized carbons (Fsp3) is 0.533. The Morgan fingerprint density at radius 2 is 2.00 bits per heavy atom. The van der Waals surface area contributed by atoms with Crippen LogP contribution in [0.2, 0.25) is 0 Å². The van der Waals surface area contributed by atoms with Crippen molar-refractivity contribution in [2.75, 3.05) is 6.26 Å². The molecule has 1 heterocycles. The van der Waals surface area contributed by atoms with E-state index in [1.165, 1.54) is 19.1 Å². The zero-order chi connectivity index (χ0) is 15.2. The van der Waals surface area contributed by atoms with Crippen molar-refractivity contribution in [2.24, 2.45) is 12.8 Å². The molecule has 1 aromatic heterocycles. The summed E-state index contributed by atoms with van der Waals surface area (Å²) in [6.07, 6.45) is 5.66. The van der Waals surface area contributed by atoms with E-state index >= 15 is 0 Å². The standard InChI is InChI=1S/C15H21N3O2S/c1-18-14-8-7-10(21(2,19)20)9-13(14)17-15(18)11-5-3-4-6-12(11)16/h7-9,11-12H,3-6,16H2,1-2H3. The summed E-state index contributed by atoms with van der Waals surface area (Å²) in [6.45, 7) is 0. The minimum absolute atomic E-state index is 0.142. The second kappa shape index (κ2) is 5.10. The van der Waals surface area contributed by atoms with Gasteiger partial charge < -0.3 is 10.3 Å². The number of rotatable bonds is 2. The van der Waals surface area contributed by atoms with E-state index in [-0.39, 0.29) is 12.0 Å². The van der Waals surface area contributed by atoms with Crippen molar-refractivity contribution in [1.29, 1.82) is 0 Å². The van der Waals surface area contributed by atoms with Crippen molar-refractivity contribution >= 4 is 20.9 Å². The van der Waals surface area contributed by atoms with E-state index in [9.17, 15) is 8.42 Å². The fourth-order valence-electron chi connectivity index (χ4n) is 3.24. The maximum absolute atomic E-state index is 11.7. The largest absolute Gasteiger partial charge is 0.331 e. The summed E-state index contributed by atoms with van der Waals surface area (Å²) in [7, 11) is -1.23. The van der Waals surface area contributed by atoms with Crippen LogP contribution in [-0.4, -0.2) is 30.3 Å². The number of nitrogens with zero attached hydrogens (tertiary/aromatic N) is 2. The third kappa shape index (κ3) is 2.58. The van der Waals surface area contributed by atoms with Gasteiger partial charge in [-0.15, -0.1) is 0 Å². The Labute approximate surface area is 125 Å². The predicted molar refractivity (Wildman–Crippen MR) is 83.0 cm³/mol. The minimum Gasteiger partial charge on any atom is -0.331 e. The topological polar surface area (TPSA) is 78.0 Å². The molecule has 21 heavy (non-hydrogen) atoms. The van der Waals surface area contributed by atoms with Gasteiger partial charge in [-0.05, 0) is 31.0 Å². The van der Waals surface area contributed by atoms with Crippen LogP contribution in [0.4, 0.5) is 0 Å². The molecule has 2 aromatic rings. The number of aryl methyl sites for hydroxylation is 1. The third-order valence-electron chi connectivity index (χ3n) is 4.47. The first kappa shape index (κ1) is 14.5. The zero-order valence-corrected chi connectivity index (χ0v) is 13.2. The van der Waals surface area contributed by atoms with Gasteiger partial charge in [-0.1, -0.05) is 12.8 Å². The molecular formula is C15H21N3O2S. The minimum atomic E-state index is -3.21. The van der Waals surface area contributed by atoms with Crippen LogP contribution >= 0.6 is 0 Å². The predicted octanol–water partition coefficient (Wildman–Crippen LogP) is 1.96. The molecule has 1 aromatic carbocycles. The van der Waals surface area contributed by atoms with Gasteiger partial charge in [0.1, 0.15) is 5.82 Å². The SMILES string of the molecule is Cn1c(C2CCCCC2N)nc2cc(S(C)(=O)=O)ccc21. The number of sulfone groups is 1. The normalized spacial score (nSPS) is 23.6. The molecule has 2 N–H and O–H groups in total. The van der Waals surface area contributed by atoms with Crippen molar-refractivity contribution < 1.29 is 8.42 Å². The van der Waals surface area contributed by atoms with Crippen LogP contribution < -0.4 is 5.73 Å². The van der Waals surface area contributed by atoms with E-state index in [1.807, 2.05) is 13.1 Å². The van der Waals surface area contributed by atoms with Crippen LogP contribution in [0, 0.1) is 0 Å². The van der Waals surface area contributed by atoms with Gasteiger partial charge in [-0.2, -0.15) is 0 Å². The van der Waals surface area contributed by atoms with Crippen molar-refractivity contribution in [1.82, 2.24) is 9.55 Å². The van der Waals surface area contributed by atoms with Crippen LogP contribution in [0.25, 0.3) is 11.0 Å². The summed E-state index contributed by atoms with van der Waals surface area (Å²) in [4.78, 5) is 4.99. The Hall–Kier alpha value is -1.40. The molecule has 1 aliphatic rings. The molecule has 0 aliphatic heterocycles. The van der Waals surface area contributed by atoms with Gasteiger partial charge in [-0.3, -0.25) is 0 Å². The first-order chi connectivity index (χ1) is 9.88. The lowest BCUT2D eigenvalue weighted by atomic mass is 9.84. The highest BCUT2D eigenvalue weighted by Gasteiger charge is 2.27. The Bertz CT molecular complexity index is 780. The van der Waals surface area contributed by atoms with Gasteiger partial charge in [0.05, 0.1) is 15.9 Å². The Kier molecular flexibility index (Phi) is 3.53. The Morgan fingerprint density at radius 1 is 1.29 bits per heavy atom. The van der Waals surface area contributed by atoms with Gasteiger partial charge >= 0.3 is 0 Å². The van der Waals surface area contributed by atoms with Gasteiger partial charge in [0.25, 0.3) is 0 Å². The van der Waals surface area contributed by atoms with E-state index in [0.717, 1.165) is 29.7 Å². The lowest BCUT2D eigenvalue weighted by molar-refractivity contribution is 0.368. The number of aromatic nitrogens is 2. The van der Waals surface area contributed by atoms with Gasteiger partial charge in [0, 0.05) is 25.3 Å². The molecule has 5 nitrogen and oxygen atoms in total. The van der Waals surface area contributed by atoms with Crippen molar-refractivity contribution in [2.45, 2.75) is 42.5 Å². The van der Waals surface area contributed by atoms with Crippen LogP contribution in [0.5, 0.6) is 0 Å². The van der Waals surface area contributed by atoms with Crippen LogP contribution in [0.3, 0.4) is 0 Å². The van der Waals surface area contributed by atoms with Crippen LogP contribution in [0.1, 0.15) is 37.4 Å². The number of imidazole rings is 1. The molecule has 2 unspecified atom stereocenters. The summed E-state index contributed by atoms with van der Waals surface area (Å²) in [5.74, 6) is 1.24. The zero-order valence-electron chi connectivity index (χ0n) is 12.4. The quantitative estimate of drug-likeness (QED) is 0.920. The fourth-order valence-corrected chi connectivity index (χ4v) is 3.88. The monoisotopic (exact) mass is 307 g/mol. The first-order valence-electron chi connectivity index (χ1n) is 7.30. The molecule has 0 radical (unpaired) electrons. The van der Waals surface area contributed by atoms with E-state index < -0.39 is 9.84 Å². The van der Waals surface area contributed by atoms with Crippen LogP contribution in [-0.2, 0) is 16.9 Å². The molecule has 0 bridgehead atoms. The summed E-state index contributed by atoms with van der Waals surface area (Å²) in [6, 6.07) is 5.27. The molecule has 2 atom stereocenters. The molecule has 0 saturated heterocycles. The van der Waals surface area contributed by atoms with Crippen molar-refractivity contribution in [3.05, 3.63) is 24.0 Å². The number of nitrogens with two attached hydrogens (primary N) is 1. The molecule has 1 saturated carbocycles. The number of benzene rings is 1. The molecule has 114 valence electrons. The highest BCUT2D eigenvalue weighted by Crippen LogP contribution is 2.33. The smallest absolute Gasteiger partial charge is 0.175 e. The second-order valence-corrected chi connectivity index (χ2v) is 8.02. The lowest BCUT2D eigenvalue weighted by Crippen LogP contribution is -2.32. The molecular weight excluding hydrogens is 286 g/mol. The lowest BCUT2D eigenvalue weighted by Gasteiger charge is -2.27. The van der Waals surface area contributed by atoms with Crippen LogP contribution in [0.15, 0.2) is 23.1 Å². The summed E-state index contributed by atoms with van der Waals surface area (Å²) in [5, 5.41) is 0. The summed E-state index contributed by atoms with van der Waals surface area (Å²) < 4.78 is 25.4. The van der Waals surface area contributed by atoms with E-state index in [4.69, 9.17) is 5.73 Å². The third-order valence-corrected chi connectivity index (χ3v) is 5.58. The van der Waals surface area contributed by atoms with E-state index in [1.54, 1.807) is 12.1 Å². The first-order valence-corrected chi connectivity index (χ1v) is 9.19. The van der Waals surface area contributed by atoms with Gasteiger partial charge in [0.15, 0.2) is 9.84 Å². The second-order valence-electron chi connectivity index (χ2n) is 6.01. The van der Waals surface area contributed by atoms with Gasteiger partial charge in [0.2, 0.25) is 0 Å². The highest BCUT2D eigenvalue weighted by atomic mass is 32.2. The average Bonchev–Trinajstić information content (AvgIpc) is 2.75. The molecule has 6 heteroatoms. The van der Waals surface area contributed by atoms with Gasteiger partial charge in [-0.25, -0.2) is 13.4 Å². The molecule has 0 amide bonds. The Morgan fingerprint density at radius 3 is 2.67 bits per heavy atom. The molecule has 3 rings (SSSR count). The van der Waals surface area contributed by atoms with E-state index in [2.05, 4.69) is 9.55 Å². The average molecular weight is 307 g/mol. The molecule has 1 aliphatic carbocycles. The number of hydrogen-bond donors (Lipinski definition) is 1. The summed E-state index contributed by atoms with van der Waals surface area (Å²) in [5.41, 5.74) is 7.94. The molecule has 1 fully saturated rings.